The van der Waals surface area contributed by atoms with Gasteiger partial charge in [-0.3, -0.25) is 9.48 Å². The van der Waals surface area contributed by atoms with E-state index in [1.807, 2.05) is 65.2 Å². The van der Waals surface area contributed by atoms with Crippen molar-refractivity contribution in [3.8, 4) is 23.0 Å². The van der Waals surface area contributed by atoms with Gasteiger partial charge in [-0.1, -0.05) is 65.8 Å². The normalized spacial score (nSPS) is 13.3. The Labute approximate surface area is 180 Å². The Kier molecular flexibility index (Phi) is 5.08. The molecule has 1 amide bonds. The van der Waals surface area contributed by atoms with Gasteiger partial charge in [0.05, 0.1) is 0 Å². The maximum Gasteiger partial charge on any atom is 0.279 e. The zero-order chi connectivity index (χ0) is 21.2. The molecule has 0 saturated heterocycles. The van der Waals surface area contributed by atoms with Gasteiger partial charge in [0.25, 0.3) is 5.89 Å². The minimum Gasteiger partial charge on any atom is -0.338 e. The van der Waals surface area contributed by atoms with Crippen LogP contribution in [-0.2, 0) is 31.2 Å². The van der Waals surface area contributed by atoms with Crippen LogP contribution in [-0.4, -0.2) is 37.3 Å². The molecule has 0 spiro atoms. The van der Waals surface area contributed by atoms with Gasteiger partial charge in [0.15, 0.2) is 5.69 Å². The topological polar surface area (TPSA) is 77.1 Å². The van der Waals surface area contributed by atoms with Gasteiger partial charge >= 0.3 is 0 Å². The first-order valence-corrected chi connectivity index (χ1v) is 10.4. The molecule has 0 saturated carbocycles. The minimum absolute atomic E-state index is 0.153. The van der Waals surface area contributed by atoms with E-state index in [4.69, 9.17) is 4.52 Å². The lowest BCUT2D eigenvalue weighted by atomic mass is 10.0. The highest BCUT2D eigenvalue weighted by atomic mass is 16.5. The van der Waals surface area contributed by atoms with Crippen LogP contribution in [0.1, 0.15) is 23.2 Å². The Morgan fingerprint density at radius 1 is 1.06 bits per heavy atom. The summed E-state index contributed by atoms with van der Waals surface area (Å²) in [5.74, 6) is 1.07. The average Bonchev–Trinajstić information content (AvgIpc) is 3.43. The molecule has 2 aromatic carbocycles. The van der Waals surface area contributed by atoms with Crippen molar-refractivity contribution in [2.75, 3.05) is 6.54 Å². The Morgan fingerprint density at radius 3 is 2.58 bits per heavy atom. The third-order valence-corrected chi connectivity index (χ3v) is 5.73. The SMILES string of the molecule is Cn1nc(-c2nc(-c3ccccc3)no2)c2c1CCN(C(=O)CCc1ccccc1)C2. The highest BCUT2D eigenvalue weighted by molar-refractivity contribution is 5.77. The van der Waals surface area contributed by atoms with E-state index >= 15 is 0 Å². The molecule has 0 aliphatic carbocycles. The second-order valence-electron chi connectivity index (χ2n) is 7.74. The highest BCUT2D eigenvalue weighted by Gasteiger charge is 2.29. The number of benzene rings is 2. The largest absolute Gasteiger partial charge is 0.338 e. The predicted molar refractivity (Wildman–Crippen MR) is 116 cm³/mol. The summed E-state index contributed by atoms with van der Waals surface area (Å²) in [6.45, 7) is 1.20. The van der Waals surface area contributed by atoms with Crippen LogP contribution in [0.25, 0.3) is 23.0 Å². The van der Waals surface area contributed by atoms with E-state index in [0.717, 1.165) is 29.7 Å². The van der Waals surface area contributed by atoms with Gasteiger partial charge in [-0.25, -0.2) is 0 Å². The summed E-state index contributed by atoms with van der Waals surface area (Å²) in [6, 6.07) is 19.8. The molecule has 2 aromatic heterocycles. The van der Waals surface area contributed by atoms with Crippen LogP contribution < -0.4 is 0 Å². The number of amides is 1. The molecule has 1 aliphatic rings. The number of nitrogens with zero attached hydrogens (tertiary/aromatic N) is 5. The fourth-order valence-corrected chi connectivity index (χ4v) is 4.06. The van der Waals surface area contributed by atoms with Gasteiger partial charge in [0.1, 0.15) is 0 Å². The molecular formula is C24H23N5O2. The first kappa shape index (κ1) is 19.2. The van der Waals surface area contributed by atoms with Crippen molar-refractivity contribution >= 4 is 5.91 Å². The summed E-state index contributed by atoms with van der Waals surface area (Å²) in [5, 5.41) is 8.76. The van der Waals surface area contributed by atoms with Gasteiger partial charge in [0, 0.05) is 49.8 Å². The lowest BCUT2D eigenvalue weighted by Gasteiger charge is -2.27. The van der Waals surface area contributed by atoms with Crippen molar-refractivity contribution in [2.24, 2.45) is 7.05 Å². The van der Waals surface area contributed by atoms with E-state index in [-0.39, 0.29) is 5.91 Å². The molecule has 7 heteroatoms. The number of carbonyl (C=O) groups excluding carboxylic acids is 1. The fourth-order valence-electron chi connectivity index (χ4n) is 4.06. The molecule has 31 heavy (non-hydrogen) atoms. The van der Waals surface area contributed by atoms with Gasteiger partial charge in [-0.2, -0.15) is 10.1 Å². The Balaban J connectivity index is 1.36. The number of hydrogen-bond donors (Lipinski definition) is 0. The molecule has 0 fully saturated rings. The van der Waals surface area contributed by atoms with Crippen molar-refractivity contribution < 1.29 is 9.32 Å². The maximum absolute atomic E-state index is 12.9. The summed E-state index contributed by atoms with van der Waals surface area (Å²) in [6.07, 6.45) is 2.00. The molecular weight excluding hydrogens is 390 g/mol. The minimum atomic E-state index is 0.153. The predicted octanol–water partition coefficient (Wildman–Crippen LogP) is 3.65. The van der Waals surface area contributed by atoms with E-state index in [1.165, 1.54) is 5.56 Å². The zero-order valence-corrected chi connectivity index (χ0v) is 17.4. The van der Waals surface area contributed by atoms with Gasteiger partial charge in [0.2, 0.25) is 11.7 Å². The van der Waals surface area contributed by atoms with E-state index in [0.29, 0.717) is 36.9 Å². The summed E-state index contributed by atoms with van der Waals surface area (Å²) in [4.78, 5) is 19.3. The van der Waals surface area contributed by atoms with E-state index in [1.54, 1.807) is 0 Å². The fraction of sp³-hybridized carbons (Fsp3) is 0.250. The number of fused-ring (bicyclic) bond motifs is 1. The van der Waals surface area contributed by atoms with Crippen LogP contribution in [0.5, 0.6) is 0 Å². The monoisotopic (exact) mass is 413 g/mol. The first-order valence-electron chi connectivity index (χ1n) is 10.4. The number of carbonyl (C=O) groups is 1. The van der Waals surface area contributed by atoms with Crippen LogP contribution in [0.15, 0.2) is 65.2 Å². The number of hydrogen-bond acceptors (Lipinski definition) is 5. The third kappa shape index (κ3) is 3.86. The molecule has 0 unspecified atom stereocenters. The molecule has 0 N–H and O–H groups in total. The van der Waals surface area contributed by atoms with E-state index < -0.39 is 0 Å². The molecule has 5 rings (SSSR count). The summed E-state index contributed by atoms with van der Waals surface area (Å²) >= 11 is 0. The number of aromatic nitrogens is 4. The lowest BCUT2D eigenvalue weighted by Crippen LogP contribution is -2.36. The second-order valence-corrected chi connectivity index (χ2v) is 7.74. The molecule has 156 valence electrons. The zero-order valence-electron chi connectivity index (χ0n) is 17.4. The quantitative estimate of drug-likeness (QED) is 0.499. The van der Waals surface area contributed by atoms with Crippen LogP contribution in [0, 0.1) is 0 Å². The summed E-state index contributed by atoms with van der Waals surface area (Å²) in [7, 11) is 1.92. The van der Waals surface area contributed by atoms with Crippen LogP contribution in [0.4, 0.5) is 0 Å². The smallest absolute Gasteiger partial charge is 0.279 e. The summed E-state index contributed by atoms with van der Waals surface area (Å²) < 4.78 is 7.41. The van der Waals surface area contributed by atoms with Crippen molar-refractivity contribution in [2.45, 2.75) is 25.8 Å². The molecule has 0 radical (unpaired) electrons. The molecule has 1 aliphatic heterocycles. The second kappa shape index (κ2) is 8.18. The molecule has 7 nitrogen and oxygen atoms in total. The first-order chi connectivity index (χ1) is 15.2. The third-order valence-electron chi connectivity index (χ3n) is 5.73. The van der Waals surface area contributed by atoms with Gasteiger partial charge in [-0.05, 0) is 12.0 Å². The summed E-state index contributed by atoms with van der Waals surface area (Å²) in [5.41, 5.74) is 4.83. The van der Waals surface area contributed by atoms with Crippen molar-refractivity contribution in [3.63, 3.8) is 0 Å². The maximum atomic E-state index is 12.9. The van der Waals surface area contributed by atoms with E-state index in [2.05, 4.69) is 27.4 Å². The highest BCUT2D eigenvalue weighted by Crippen LogP contribution is 2.30. The Hall–Kier alpha value is -3.74. The Bertz CT molecular complexity index is 1200. The van der Waals surface area contributed by atoms with Crippen LogP contribution in [0.2, 0.25) is 0 Å². The number of rotatable bonds is 5. The van der Waals surface area contributed by atoms with Crippen LogP contribution >= 0.6 is 0 Å². The molecule has 4 aromatic rings. The Morgan fingerprint density at radius 2 is 1.81 bits per heavy atom. The van der Waals surface area contributed by atoms with Crippen molar-refractivity contribution in [3.05, 3.63) is 77.5 Å². The van der Waals surface area contributed by atoms with Gasteiger partial charge < -0.3 is 9.42 Å². The van der Waals surface area contributed by atoms with Crippen LogP contribution in [0.3, 0.4) is 0 Å². The molecule has 0 bridgehead atoms. The number of aryl methyl sites for hydroxylation is 2. The van der Waals surface area contributed by atoms with Gasteiger partial charge in [-0.15, -0.1) is 0 Å². The molecule has 3 heterocycles. The standard InChI is InChI=1S/C24H23N5O2/c1-28-20-14-15-29(21(30)13-12-17-8-4-2-5-9-17)16-19(20)22(26-28)24-25-23(27-31-24)18-10-6-3-7-11-18/h2-11H,12-16H2,1H3. The average molecular weight is 413 g/mol. The van der Waals surface area contributed by atoms with Crippen molar-refractivity contribution in [1.82, 2.24) is 24.8 Å². The lowest BCUT2D eigenvalue weighted by molar-refractivity contribution is -0.132. The molecule has 0 atom stereocenters. The van der Waals surface area contributed by atoms with Crippen molar-refractivity contribution in [1.29, 1.82) is 0 Å². The van der Waals surface area contributed by atoms with E-state index in [9.17, 15) is 4.79 Å².